The summed E-state index contributed by atoms with van der Waals surface area (Å²) in [5, 5.41) is 3.20. The van der Waals surface area contributed by atoms with E-state index in [-0.39, 0.29) is 0 Å². The van der Waals surface area contributed by atoms with Gasteiger partial charge in [-0.15, -0.1) is 0 Å². The summed E-state index contributed by atoms with van der Waals surface area (Å²) in [5.74, 6) is 2.59. The van der Waals surface area contributed by atoms with E-state index in [0.29, 0.717) is 12.0 Å². The Morgan fingerprint density at radius 3 is 2.75 bits per heavy atom. The maximum absolute atomic E-state index is 6.35. The molecule has 1 fully saturated rings. The molecule has 0 heterocycles. The number of benzene rings is 1. The Hall–Kier alpha value is -1.22. The molecule has 2 rings (SSSR count). The van der Waals surface area contributed by atoms with Gasteiger partial charge in [-0.3, -0.25) is 0 Å². The molecule has 0 radical (unpaired) electrons. The average molecular weight is 277 g/mol. The Labute approximate surface area is 122 Å². The van der Waals surface area contributed by atoms with Crippen LogP contribution < -0.4 is 14.8 Å². The van der Waals surface area contributed by atoms with Crippen LogP contribution >= 0.6 is 0 Å². The van der Waals surface area contributed by atoms with Gasteiger partial charge >= 0.3 is 0 Å². The molecule has 1 aliphatic rings. The highest BCUT2D eigenvalue weighted by molar-refractivity contribution is 5.40. The lowest BCUT2D eigenvalue weighted by molar-refractivity contribution is 0.0892. The molecule has 0 spiro atoms. The summed E-state index contributed by atoms with van der Waals surface area (Å²) in [6, 6.07) is 6.10. The Morgan fingerprint density at radius 1 is 1.25 bits per heavy atom. The number of hydrogen-bond donors (Lipinski definition) is 1. The second kappa shape index (κ2) is 7.53. The third kappa shape index (κ3) is 3.66. The second-order valence-corrected chi connectivity index (χ2v) is 5.61. The lowest BCUT2D eigenvalue weighted by Crippen LogP contribution is -2.30. The van der Waals surface area contributed by atoms with E-state index in [0.717, 1.165) is 18.0 Å². The summed E-state index contributed by atoms with van der Waals surface area (Å²) in [6.07, 6.45) is 6.71. The van der Waals surface area contributed by atoms with E-state index in [1.54, 1.807) is 7.11 Å². The molecular weight excluding hydrogens is 250 g/mol. The molecule has 0 aliphatic heterocycles. The van der Waals surface area contributed by atoms with Gasteiger partial charge in [0.25, 0.3) is 0 Å². The van der Waals surface area contributed by atoms with Gasteiger partial charge in [0.2, 0.25) is 0 Å². The van der Waals surface area contributed by atoms with E-state index < -0.39 is 0 Å². The van der Waals surface area contributed by atoms with E-state index in [4.69, 9.17) is 9.47 Å². The van der Waals surface area contributed by atoms with E-state index in [1.807, 2.05) is 19.2 Å². The second-order valence-electron chi connectivity index (χ2n) is 5.61. The first-order valence-electron chi connectivity index (χ1n) is 7.76. The number of hydrogen-bond acceptors (Lipinski definition) is 3. The van der Waals surface area contributed by atoms with Crippen molar-refractivity contribution in [1.29, 1.82) is 0 Å². The Balaban J connectivity index is 2.14. The van der Waals surface area contributed by atoms with E-state index >= 15 is 0 Å². The van der Waals surface area contributed by atoms with Crippen LogP contribution in [0.25, 0.3) is 0 Å². The maximum atomic E-state index is 6.35. The number of rotatable bonds is 6. The van der Waals surface area contributed by atoms with Gasteiger partial charge in [0, 0.05) is 12.1 Å². The van der Waals surface area contributed by atoms with Crippen LogP contribution in [0.4, 0.5) is 0 Å². The minimum absolute atomic E-state index is 0.373. The molecule has 20 heavy (non-hydrogen) atoms. The molecule has 1 saturated carbocycles. The van der Waals surface area contributed by atoms with Crippen LogP contribution in [-0.2, 0) is 6.54 Å². The van der Waals surface area contributed by atoms with Crippen LogP contribution in [0.1, 0.15) is 44.6 Å². The topological polar surface area (TPSA) is 30.5 Å². The first-order valence-corrected chi connectivity index (χ1v) is 7.76. The van der Waals surface area contributed by atoms with Crippen molar-refractivity contribution in [2.45, 2.75) is 51.7 Å². The molecule has 2 unspecified atom stereocenters. The van der Waals surface area contributed by atoms with Gasteiger partial charge in [0.1, 0.15) is 17.6 Å². The fourth-order valence-corrected chi connectivity index (χ4v) is 3.09. The summed E-state index contributed by atoms with van der Waals surface area (Å²) in [7, 11) is 3.66. The van der Waals surface area contributed by atoms with Crippen molar-refractivity contribution in [2.75, 3.05) is 14.2 Å². The van der Waals surface area contributed by atoms with Gasteiger partial charge in [0.05, 0.1) is 7.11 Å². The highest BCUT2D eigenvalue weighted by Gasteiger charge is 2.25. The van der Waals surface area contributed by atoms with Crippen molar-refractivity contribution in [1.82, 2.24) is 5.32 Å². The van der Waals surface area contributed by atoms with Gasteiger partial charge in [0.15, 0.2) is 0 Å². The van der Waals surface area contributed by atoms with Crippen molar-refractivity contribution in [3.05, 3.63) is 23.8 Å². The fraction of sp³-hybridized carbons (Fsp3) is 0.647. The third-order valence-electron chi connectivity index (χ3n) is 4.28. The first kappa shape index (κ1) is 15.2. The molecule has 2 atom stereocenters. The zero-order valence-electron chi connectivity index (χ0n) is 12.9. The van der Waals surface area contributed by atoms with E-state index in [9.17, 15) is 0 Å². The van der Waals surface area contributed by atoms with Crippen molar-refractivity contribution in [2.24, 2.45) is 5.92 Å². The molecule has 1 aromatic carbocycles. The predicted octanol–water partition coefficient (Wildman–Crippen LogP) is 3.76. The lowest BCUT2D eigenvalue weighted by Gasteiger charge is -2.32. The summed E-state index contributed by atoms with van der Waals surface area (Å²) < 4.78 is 11.7. The van der Waals surface area contributed by atoms with Crippen LogP contribution in [-0.4, -0.2) is 20.3 Å². The normalized spacial score (nSPS) is 22.6. The Morgan fingerprint density at radius 2 is 2.05 bits per heavy atom. The van der Waals surface area contributed by atoms with Gasteiger partial charge < -0.3 is 14.8 Å². The fourth-order valence-electron chi connectivity index (χ4n) is 3.09. The number of nitrogens with one attached hydrogen (secondary N) is 1. The standard InChI is InChI=1S/C17H27NO2/c1-4-13-7-5-6-8-16(13)20-17-10-9-15(19-3)11-14(17)12-18-2/h9-11,13,16,18H,4-8,12H2,1-3H3. The highest BCUT2D eigenvalue weighted by Crippen LogP contribution is 2.32. The Bertz CT molecular complexity index is 419. The van der Waals surface area contributed by atoms with Gasteiger partial charge in [-0.25, -0.2) is 0 Å². The molecule has 3 nitrogen and oxygen atoms in total. The molecule has 1 aromatic rings. The van der Waals surface area contributed by atoms with Crippen molar-refractivity contribution in [3.8, 4) is 11.5 Å². The average Bonchev–Trinajstić information content (AvgIpc) is 2.49. The number of methoxy groups -OCH3 is 1. The Kier molecular flexibility index (Phi) is 5.72. The molecule has 0 aromatic heterocycles. The summed E-state index contributed by atoms with van der Waals surface area (Å²) in [5.41, 5.74) is 1.17. The molecule has 1 aliphatic carbocycles. The van der Waals surface area contributed by atoms with Crippen LogP contribution in [0, 0.1) is 5.92 Å². The van der Waals surface area contributed by atoms with Gasteiger partial charge in [-0.2, -0.15) is 0 Å². The van der Waals surface area contributed by atoms with Crippen LogP contribution in [0.2, 0.25) is 0 Å². The van der Waals surface area contributed by atoms with Gasteiger partial charge in [-0.1, -0.05) is 13.3 Å². The molecule has 1 N–H and O–H groups in total. The lowest BCUT2D eigenvalue weighted by atomic mass is 9.84. The zero-order chi connectivity index (χ0) is 14.4. The SMILES string of the molecule is CCC1CCCCC1Oc1ccc(OC)cc1CNC. The quantitative estimate of drug-likeness (QED) is 0.858. The van der Waals surface area contributed by atoms with E-state index in [1.165, 1.54) is 37.7 Å². The summed E-state index contributed by atoms with van der Waals surface area (Å²) in [6.45, 7) is 3.07. The highest BCUT2D eigenvalue weighted by atomic mass is 16.5. The van der Waals surface area contributed by atoms with Crippen molar-refractivity contribution < 1.29 is 9.47 Å². The smallest absolute Gasteiger partial charge is 0.124 e. The molecule has 0 bridgehead atoms. The van der Waals surface area contributed by atoms with Crippen LogP contribution in [0.3, 0.4) is 0 Å². The predicted molar refractivity (Wildman–Crippen MR) is 82.4 cm³/mol. The number of ether oxygens (including phenoxy) is 2. The first-order chi connectivity index (χ1) is 9.78. The minimum Gasteiger partial charge on any atom is -0.497 e. The van der Waals surface area contributed by atoms with Crippen molar-refractivity contribution >= 4 is 0 Å². The third-order valence-corrected chi connectivity index (χ3v) is 4.28. The summed E-state index contributed by atoms with van der Waals surface area (Å²) >= 11 is 0. The van der Waals surface area contributed by atoms with Crippen LogP contribution in [0.5, 0.6) is 11.5 Å². The molecule has 3 heteroatoms. The minimum atomic E-state index is 0.373. The zero-order valence-corrected chi connectivity index (χ0v) is 12.9. The molecular formula is C17H27NO2. The van der Waals surface area contributed by atoms with Crippen molar-refractivity contribution in [3.63, 3.8) is 0 Å². The summed E-state index contributed by atoms with van der Waals surface area (Å²) in [4.78, 5) is 0. The largest absolute Gasteiger partial charge is 0.497 e. The maximum Gasteiger partial charge on any atom is 0.124 e. The molecule has 0 saturated heterocycles. The van der Waals surface area contributed by atoms with Gasteiger partial charge in [-0.05, 0) is 56.8 Å². The van der Waals surface area contributed by atoms with E-state index in [2.05, 4.69) is 18.3 Å². The van der Waals surface area contributed by atoms with Crippen LogP contribution in [0.15, 0.2) is 18.2 Å². The molecule has 0 amide bonds. The molecule has 112 valence electrons. The monoisotopic (exact) mass is 277 g/mol.